The molecule has 0 aliphatic heterocycles. The van der Waals surface area contributed by atoms with Crippen molar-refractivity contribution in [1.82, 2.24) is 4.57 Å². The second-order valence-corrected chi connectivity index (χ2v) is 17.2. The SMILES string of the molecule is C1=c2ccccc2=Cc2c(oc3cccc(-c4ccccc4N(c4ccc(-c5cccc(-n6c7ccccc7c7ccccc76)c5)cc4)c4cccc(-c5ccc6ccccc6c5)c4)c23)C1. The Bertz CT molecular complexity index is 3930. The van der Waals surface area contributed by atoms with Crippen molar-refractivity contribution in [2.24, 2.45) is 0 Å². The van der Waals surface area contributed by atoms with Crippen LogP contribution in [-0.2, 0) is 6.42 Å². The van der Waals surface area contributed by atoms with Crippen LogP contribution in [0, 0.1) is 0 Å². The third-order valence-corrected chi connectivity index (χ3v) is 13.4. The molecule has 3 nitrogen and oxygen atoms in total. The van der Waals surface area contributed by atoms with Crippen LogP contribution in [0.15, 0.2) is 235 Å². The zero-order valence-corrected chi connectivity index (χ0v) is 36.1. The molecule has 0 atom stereocenters. The summed E-state index contributed by atoms with van der Waals surface area (Å²) in [5, 5.41) is 8.55. The van der Waals surface area contributed by atoms with Gasteiger partial charge in [-0.15, -0.1) is 0 Å². The van der Waals surface area contributed by atoms with Crippen LogP contribution < -0.4 is 15.3 Å². The maximum atomic E-state index is 6.68. The van der Waals surface area contributed by atoms with Crippen molar-refractivity contribution < 1.29 is 4.42 Å². The minimum absolute atomic E-state index is 0.736. The Balaban J connectivity index is 0.965. The molecule has 310 valence electrons. The highest BCUT2D eigenvalue weighted by molar-refractivity contribution is 6.09. The van der Waals surface area contributed by atoms with Crippen LogP contribution in [0.4, 0.5) is 17.1 Å². The fraction of sp³-hybridized carbons (Fsp3) is 0.0159. The van der Waals surface area contributed by atoms with E-state index in [-0.39, 0.29) is 0 Å². The van der Waals surface area contributed by atoms with Gasteiger partial charge in [0.2, 0.25) is 0 Å². The zero-order chi connectivity index (χ0) is 43.6. The summed E-state index contributed by atoms with van der Waals surface area (Å²) < 4.78 is 9.07. The summed E-state index contributed by atoms with van der Waals surface area (Å²) >= 11 is 0. The molecule has 2 aromatic heterocycles. The first-order valence-corrected chi connectivity index (χ1v) is 22.7. The first-order valence-electron chi connectivity index (χ1n) is 22.7. The van der Waals surface area contributed by atoms with Gasteiger partial charge in [0.15, 0.2) is 0 Å². The fourth-order valence-corrected chi connectivity index (χ4v) is 10.3. The van der Waals surface area contributed by atoms with Gasteiger partial charge >= 0.3 is 0 Å². The lowest BCUT2D eigenvalue weighted by molar-refractivity contribution is 0.568. The van der Waals surface area contributed by atoms with E-state index in [1.807, 2.05) is 0 Å². The van der Waals surface area contributed by atoms with E-state index in [0.717, 1.165) is 79.3 Å². The van der Waals surface area contributed by atoms with Crippen molar-refractivity contribution >= 4 is 72.8 Å². The number of para-hydroxylation sites is 3. The van der Waals surface area contributed by atoms with Crippen molar-refractivity contribution in [3.63, 3.8) is 0 Å². The molecule has 0 bridgehead atoms. The number of furan rings is 1. The van der Waals surface area contributed by atoms with Crippen molar-refractivity contribution in [2.75, 3.05) is 4.90 Å². The Morgan fingerprint density at radius 2 is 1.06 bits per heavy atom. The molecule has 0 fully saturated rings. The summed E-state index contributed by atoms with van der Waals surface area (Å²) in [4.78, 5) is 2.42. The summed E-state index contributed by atoms with van der Waals surface area (Å²) in [6.45, 7) is 0. The minimum Gasteiger partial charge on any atom is -0.460 e. The van der Waals surface area contributed by atoms with Gasteiger partial charge in [-0.3, -0.25) is 0 Å². The lowest BCUT2D eigenvalue weighted by Crippen LogP contribution is -2.22. The van der Waals surface area contributed by atoms with Crippen LogP contribution in [0.1, 0.15) is 11.3 Å². The van der Waals surface area contributed by atoms with Gasteiger partial charge in [0.25, 0.3) is 0 Å². The van der Waals surface area contributed by atoms with E-state index in [1.165, 1.54) is 48.6 Å². The predicted octanol–water partition coefficient (Wildman–Crippen LogP) is 15.3. The fourth-order valence-electron chi connectivity index (χ4n) is 10.3. The Labute approximate surface area is 382 Å². The van der Waals surface area contributed by atoms with Crippen molar-refractivity contribution in [1.29, 1.82) is 0 Å². The smallest absolute Gasteiger partial charge is 0.135 e. The standard InChI is InChI=1S/C63H42N2O/c1-3-16-45-38-49(31-30-42(45)14-1)47-19-12-20-51(40-47)64(58-26-8-7-24-55(58)56-25-13-29-62-63(56)57-41-48-17-4-2-15-43(48)34-37-61(57)66-62)50-35-32-44(33-36-50)46-18-11-21-52(39-46)65-59-27-9-5-22-53(59)54-23-6-10-28-60(54)65/h1-36,38-41H,37H2. The number of hydrogen-bond donors (Lipinski definition) is 0. The predicted molar refractivity (Wildman–Crippen MR) is 276 cm³/mol. The lowest BCUT2D eigenvalue weighted by Gasteiger charge is -2.28. The molecule has 2 heterocycles. The number of fused-ring (bicyclic) bond motifs is 8. The zero-order valence-electron chi connectivity index (χ0n) is 36.1. The molecular weight excluding hydrogens is 801 g/mol. The van der Waals surface area contributed by atoms with Gasteiger partial charge in [0.1, 0.15) is 11.3 Å². The number of benzene rings is 10. The molecule has 1 aliphatic rings. The van der Waals surface area contributed by atoms with Crippen LogP contribution in [0.25, 0.3) is 94.8 Å². The molecule has 13 rings (SSSR count). The summed E-state index contributed by atoms with van der Waals surface area (Å²) in [5.74, 6) is 0.990. The third-order valence-electron chi connectivity index (χ3n) is 13.4. The van der Waals surface area contributed by atoms with Gasteiger partial charge in [0.05, 0.1) is 16.7 Å². The van der Waals surface area contributed by atoms with Gasteiger partial charge in [0, 0.05) is 50.8 Å². The van der Waals surface area contributed by atoms with E-state index >= 15 is 0 Å². The molecule has 10 aromatic carbocycles. The van der Waals surface area contributed by atoms with Gasteiger partial charge in [-0.05, 0) is 122 Å². The Morgan fingerprint density at radius 3 is 1.89 bits per heavy atom. The number of anilines is 3. The van der Waals surface area contributed by atoms with E-state index in [2.05, 4.69) is 252 Å². The molecule has 66 heavy (non-hydrogen) atoms. The molecule has 3 heteroatoms. The normalized spacial score (nSPS) is 12.1. The minimum atomic E-state index is 0.736. The monoisotopic (exact) mass is 842 g/mol. The molecule has 0 saturated heterocycles. The second-order valence-electron chi connectivity index (χ2n) is 17.2. The average Bonchev–Trinajstić information content (AvgIpc) is 3.85. The topological polar surface area (TPSA) is 21.3 Å². The molecule has 0 unspecified atom stereocenters. The van der Waals surface area contributed by atoms with Gasteiger partial charge in [-0.2, -0.15) is 0 Å². The number of nitrogens with zero attached hydrogens (tertiary/aromatic N) is 2. The summed E-state index contributed by atoms with van der Waals surface area (Å²) in [6, 6.07) is 83.6. The first kappa shape index (κ1) is 37.9. The highest BCUT2D eigenvalue weighted by atomic mass is 16.3. The largest absolute Gasteiger partial charge is 0.460 e. The molecule has 0 saturated carbocycles. The van der Waals surface area contributed by atoms with Crippen molar-refractivity contribution in [3.8, 4) is 39.1 Å². The van der Waals surface area contributed by atoms with E-state index in [0.29, 0.717) is 0 Å². The van der Waals surface area contributed by atoms with Crippen LogP contribution in [0.5, 0.6) is 0 Å². The van der Waals surface area contributed by atoms with Crippen molar-refractivity contribution in [3.05, 3.63) is 252 Å². The van der Waals surface area contributed by atoms with E-state index < -0.39 is 0 Å². The summed E-state index contributed by atoms with van der Waals surface area (Å²) in [5.41, 5.74) is 15.7. The Morgan fingerprint density at radius 1 is 0.424 bits per heavy atom. The number of aromatic nitrogens is 1. The highest BCUT2D eigenvalue weighted by Crippen LogP contribution is 2.46. The first-order chi connectivity index (χ1) is 32.7. The average molecular weight is 843 g/mol. The summed E-state index contributed by atoms with van der Waals surface area (Å²) in [7, 11) is 0. The summed E-state index contributed by atoms with van der Waals surface area (Å²) in [6.07, 6.45) is 5.33. The van der Waals surface area contributed by atoms with Crippen LogP contribution in [-0.4, -0.2) is 4.57 Å². The number of hydrogen-bond acceptors (Lipinski definition) is 2. The molecule has 12 aromatic rings. The highest BCUT2D eigenvalue weighted by Gasteiger charge is 2.23. The third kappa shape index (κ3) is 6.36. The maximum absolute atomic E-state index is 6.68. The Hall–Kier alpha value is -8.66. The number of rotatable bonds is 7. The van der Waals surface area contributed by atoms with Crippen molar-refractivity contribution in [2.45, 2.75) is 6.42 Å². The molecule has 0 radical (unpaired) electrons. The maximum Gasteiger partial charge on any atom is 0.135 e. The second kappa shape index (κ2) is 15.5. The van der Waals surface area contributed by atoms with Crippen LogP contribution >= 0.6 is 0 Å². The van der Waals surface area contributed by atoms with E-state index in [1.54, 1.807) is 0 Å². The molecule has 0 N–H and O–H groups in total. The lowest BCUT2D eigenvalue weighted by atomic mass is 9.95. The quantitative estimate of drug-likeness (QED) is 0.159. The van der Waals surface area contributed by atoms with E-state index in [4.69, 9.17) is 4.42 Å². The Kier molecular flexibility index (Phi) is 8.92. The van der Waals surface area contributed by atoms with E-state index in [9.17, 15) is 0 Å². The van der Waals surface area contributed by atoms with Crippen LogP contribution in [0.2, 0.25) is 0 Å². The molecule has 1 aliphatic carbocycles. The van der Waals surface area contributed by atoms with Gasteiger partial charge in [-0.1, -0.05) is 170 Å². The molecular formula is C63H42N2O. The van der Waals surface area contributed by atoms with Gasteiger partial charge in [-0.25, -0.2) is 0 Å². The van der Waals surface area contributed by atoms with Crippen LogP contribution in [0.3, 0.4) is 0 Å². The molecule has 0 spiro atoms. The van der Waals surface area contributed by atoms with Gasteiger partial charge < -0.3 is 13.9 Å². The molecule has 0 amide bonds.